The van der Waals surface area contributed by atoms with E-state index in [1.165, 1.54) is 12.8 Å². The molecule has 2 heteroatoms. The van der Waals surface area contributed by atoms with Crippen LogP contribution in [0.25, 0.3) is 0 Å². The minimum atomic E-state index is 0.0605. The first-order valence-corrected chi connectivity index (χ1v) is 5.49. The minimum absolute atomic E-state index is 0.0605. The second-order valence-corrected chi connectivity index (χ2v) is 4.27. The third kappa shape index (κ3) is 4.10. The molecule has 2 atom stereocenters. The first kappa shape index (κ1) is 11.0. The Kier molecular flexibility index (Phi) is 4.74. The molecule has 1 aliphatic heterocycles. The molecule has 0 N–H and O–H groups in total. The molecule has 0 aromatic heterocycles. The Morgan fingerprint density at radius 3 is 2.77 bits per heavy atom. The highest BCUT2D eigenvalue weighted by molar-refractivity contribution is 4.64. The Bertz CT molecular complexity index is 132. The molecule has 1 rings (SSSR count). The van der Waals surface area contributed by atoms with Crippen molar-refractivity contribution in [3.05, 3.63) is 0 Å². The number of hydrogen-bond donors (Lipinski definition) is 0. The van der Waals surface area contributed by atoms with Crippen molar-refractivity contribution in [1.29, 1.82) is 0 Å². The van der Waals surface area contributed by atoms with Crippen molar-refractivity contribution >= 4 is 0 Å². The fraction of sp³-hybridized carbons (Fsp3) is 1.00. The third-order valence-electron chi connectivity index (χ3n) is 2.36. The highest BCUT2D eigenvalue weighted by Crippen LogP contribution is 2.20. The molecule has 0 aromatic carbocycles. The highest BCUT2D eigenvalue weighted by Gasteiger charge is 2.22. The highest BCUT2D eigenvalue weighted by atomic mass is 16.7. The molecule has 0 aliphatic carbocycles. The van der Waals surface area contributed by atoms with Gasteiger partial charge in [-0.05, 0) is 18.8 Å². The van der Waals surface area contributed by atoms with Crippen molar-refractivity contribution in [2.24, 2.45) is 5.92 Å². The van der Waals surface area contributed by atoms with E-state index in [0.29, 0.717) is 12.0 Å². The van der Waals surface area contributed by atoms with Crippen LogP contribution in [0.1, 0.15) is 46.5 Å². The van der Waals surface area contributed by atoms with Crippen LogP contribution in [-0.4, -0.2) is 19.0 Å². The van der Waals surface area contributed by atoms with E-state index in [1.807, 2.05) is 0 Å². The molecule has 0 spiro atoms. The van der Waals surface area contributed by atoms with E-state index in [4.69, 9.17) is 9.47 Å². The summed E-state index contributed by atoms with van der Waals surface area (Å²) in [6, 6.07) is 0. The fourth-order valence-corrected chi connectivity index (χ4v) is 1.70. The third-order valence-corrected chi connectivity index (χ3v) is 2.36. The van der Waals surface area contributed by atoms with Crippen molar-refractivity contribution in [3.8, 4) is 0 Å². The van der Waals surface area contributed by atoms with Crippen LogP contribution in [0.3, 0.4) is 0 Å². The molecule has 1 heterocycles. The quantitative estimate of drug-likeness (QED) is 0.672. The van der Waals surface area contributed by atoms with Crippen molar-refractivity contribution in [3.63, 3.8) is 0 Å². The second kappa shape index (κ2) is 5.61. The van der Waals surface area contributed by atoms with Gasteiger partial charge in [-0.1, -0.05) is 27.2 Å². The average Bonchev–Trinajstić information content (AvgIpc) is 2.04. The molecule has 0 bridgehead atoms. The van der Waals surface area contributed by atoms with Crippen LogP contribution in [0.2, 0.25) is 0 Å². The molecular weight excluding hydrogens is 164 g/mol. The Morgan fingerprint density at radius 1 is 1.38 bits per heavy atom. The Balaban J connectivity index is 2.24. The Labute approximate surface area is 81.6 Å². The van der Waals surface area contributed by atoms with Gasteiger partial charge in [0, 0.05) is 6.42 Å². The zero-order valence-corrected chi connectivity index (χ0v) is 9.08. The Morgan fingerprint density at radius 2 is 2.15 bits per heavy atom. The first-order chi connectivity index (χ1) is 6.22. The summed E-state index contributed by atoms with van der Waals surface area (Å²) in [6.45, 7) is 7.49. The molecule has 13 heavy (non-hydrogen) atoms. The largest absolute Gasteiger partial charge is 0.353 e. The molecule has 0 radical (unpaired) electrons. The molecule has 0 saturated carbocycles. The molecule has 0 aromatic rings. The van der Waals surface area contributed by atoms with Gasteiger partial charge in [-0.3, -0.25) is 0 Å². The minimum Gasteiger partial charge on any atom is -0.353 e. The lowest BCUT2D eigenvalue weighted by Crippen LogP contribution is -2.33. The fourth-order valence-electron chi connectivity index (χ4n) is 1.70. The lowest BCUT2D eigenvalue weighted by Gasteiger charge is -2.31. The number of ether oxygens (including phenoxy) is 2. The van der Waals surface area contributed by atoms with Crippen molar-refractivity contribution < 1.29 is 9.47 Å². The SMILES string of the molecule is CCCC1CCOC(CC(C)C)O1. The van der Waals surface area contributed by atoms with Gasteiger partial charge in [0.15, 0.2) is 6.29 Å². The standard InChI is InChI=1S/C11H22O2/c1-4-5-10-6-7-12-11(13-10)8-9(2)3/h9-11H,4-8H2,1-3H3. The van der Waals surface area contributed by atoms with Gasteiger partial charge < -0.3 is 9.47 Å². The maximum absolute atomic E-state index is 5.82. The van der Waals surface area contributed by atoms with Gasteiger partial charge in [0.05, 0.1) is 12.7 Å². The summed E-state index contributed by atoms with van der Waals surface area (Å²) in [5, 5.41) is 0. The van der Waals surface area contributed by atoms with Crippen LogP contribution in [0.5, 0.6) is 0 Å². The summed E-state index contributed by atoms with van der Waals surface area (Å²) < 4.78 is 11.4. The van der Waals surface area contributed by atoms with E-state index in [9.17, 15) is 0 Å². The van der Waals surface area contributed by atoms with Gasteiger partial charge in [-0.2, -0.15) is 0 Å². The summed E-state index contributed by atoms with van der Waals surface area (Å²) in [4.78, 5) is 0. The van der Waals surface area contributed by atoms with Gasteiger partial charge in [0.2, 0.25) is 0 Å². The summed E-state index contributed by atoms with van der Waals surface area (Å²) in [5.41, 5.74) is 0. The summed E-state index contributed by atoms with van der Waals surface area (Å²) in [7, 11) is 0. The van der Waals surface area contributed by atoms with Crippen LogP contribution in [0, 0.1) is 5.92 Å². The van der Waals surface area contributed by atoms with Gasteiger partial charge in [-0.15, -0.1) is 0 Å². The molecule has 0 amide bonds. The van der Waals surface area contributed by atoms with E-state index in [2.05, 4.69) is 20.8 Å². The second-order valence-electron chi connectivity index (χ2n) is 4.27. The van der Waals surface area contributed by atoms with E-state index in [-0.39, 0.29) is 6.29 Å². The first-order valence-electron chi connectivity index (χ1n) is 5.49. The van der Waals surface area contributed by atoms with Crippen LogP contribution >= 0.6 is 0 Å². The van der Waals surface area contributed by atoms with Crippen LogP contribution < -0.4 is 0 Å². The van der Waals surface area contributed by atoms with Gasteiger partial charge >= 0.3 is 0 Å². The average molecular weight is 186 g/mol. The summed E-state index contributed by atoms with van der Waals surface area (Å²) >= 11 is 0. The summed E-state index contributed by atoms with van der Waals surface area (Å²) in [5.74, 6) is 0.658. The van der Waals surface area contributed by atoms with E-state index >= 15 is 0 Å². The van der Waals surface area contributed by atoms with E-state index in [0.717, 1.165) is 19.4 Å². The molecule has 2 nitrogen and oxygen atoms in total. The van der Waals surface area contributed by atoms with E-state index < -0.39 is 0 Å². The van der Waals surface area contributed by atoms with Gasteiger partial charge in [0.25, 0.3) is 0 Å². The zero-order valence-electron chi connectivity index (χ0n) is 9.08. The topological polar surface area (TPSA) is 18.5 Å². The molecule has 1 saturated heterocycles. The van der Waals surface area contributed by atoms with Crippen LogP contribution in [-0.2, 0) is 9.47 Å². The maximum atomic E-state index is 5.82. The number of hydrogen-bond acceptors (Lipinski definition) is 2. The van der Waals surface area contributed by atoms with Gasteiger partial charge in [-0.25, -0.2) is 0 Å². The molecule has 2 unspecified atom stereocenters. The Hall–Kier alpha value is -0.0800. The molecular formula is C11H22O2. The zero-order chi connectivity index (χ0) is 9.68. The lowest BCUT2D eigenvalue weighted by atomic mass is 10.1. The predicted octanol–water partition coefficient (Wildman–Crippen LogP) is 2.96. The number of rotatable bonds is 4. The van der Waals surface area contributed by atoms with Crippen molar-refractivity contribution in [2.45, 2.75) is 58.8 Å². The van der Waals surface area contributed by atoms with Crippen molar-refractivity contribution in [1.82, 2.24) is 0 Å². The normalized spacial score (nSPS) is 29.5. The van der Waals surface area contributed by atoms with Crippen LogP contribution in [0.4, 0.5) is 0 Å². The molecule has 78 valence electrons. The molecule has 1 aliphatic rings. The summed E-state index contributed by atoms with van der Waals surface area (Å²) in [6.07, 6.45) is 4.99. The van der Waals surface area contributed by atoms with Crippen molar-refractivity contribution in [2.75, 3.05) is 6.61 Å². The smallest absolute Gasteiger partial charge is 0.158 e. The van der Waals surface area contributed by atoms with E-state index in [1.54, 1.807) is 0 Å². The van der Waals surface area contributed by atoms with Gasteiger partial charge in [0.1, 0.15) is 0 Å². The molecule has 1 fully saturated rings. The van der Waals surface area contributed by atoms with Crippen LogP contribution in [0.15, 0.2) is 0 Å². The lowest BCUT2D eigenvalue weighted by molar-refractivity contribution is -0.219. The maximum Gasteiger partial charge on any atom is 0.158 e. The predicted molar refractivity (Wildman–Crippen MR) is 53.6 cm³/mol. The monoisotopic (exact) mass is 186 g/mol.